The van der Waals surface area contributed by atoms with E-state index >= 15 is 0 Å². The van der Waals surface area contributed by atoms with Gasteiger partial charge in [-0.05, 0) is 50.0 Å². The molecule has 1 aromatic rings. The zero-order chi connectivity index (χ0) is 16.2. The third-order valence-corrected chi connectivity index (χ3v) is 4.57. The van der Waals surface area contributed by atoms with Crippen LogP contribution in [0.4, 0.5) is 4.39 Å². The highest BCUT2D eigenvalue weighted by molar-refractivity contribution is 7.88. The van der Waals surface area contributed by atoms with Crippen molar-refractivity contribution in [3.8, 4) is 5.75 Å². The van der Waals surface area contributed by atoms with Crippen LogP contribution in [0, 0.1) is 5.82 Å². The molecule has 0 radical (unpaired) electrons. The molecule has 0 bridgehead atoms. The van der Waals surface area contributed by atoms with E-state index in [2.05, 4.69) is 9.62 Å². The molecule has 1 fully saturated rings. The highest BCUT2D eigenvalue weighted by Crippen LogP contribution is 2.19. The number of nitrogens with zero attached hydrogens (tertiary/aromatic N) is 1. The number of ether oxygens (including phenoxy) is 1. The number of hydrogen-bond acceptors (Lipinski definition) is 4. The van der Waals surface area contributed by atoms with Gasteiger partial charge in [0.2, 0.25) is 10.0 Å². The van der Waals surface area contributed by atoms with Gasteiger partial charge < -0.3 is 9.64 Å². The fourth-order valence-electron chi connectivity index (χ4n) is 2.81. The number of nitrogens with one attached hydrogen (secondary N) is 1. The summed E-state index contributed by atoms with van der Waals surface area (Å²) in [7, 11) is -1.69. The molecule has 0 saturated carbocycles. The van der Waals surface area contributed by atoms with Crippen LogP contribution in [0.2, 0.25) is 0 Å². The maximum atomic E-state index is 13.6. The summed E-state index contributed by atoms with van der Waals surface area (Å²) in [4.78, 5) is 2.24. The Morgan fingerprint density at radius 2 is 2.23 bits per heavy atom. The van der Waals surface area contributed by atoms with E-state index in [-0.39, 0.29) is 17.6 Å². The van der Waals surface area contributed by atoms with Gasteiger partial charge in [0.1, 0.15) is 0 Å². The average molecular weight is 330 g/mol. The monoisotopic (exact) mass is 330 g/mol. The summed E-state index contributed by atoms with van der Waals surface area (Å²) >= 11 is 0. The maximum absolute atomic E-state index is 13.6. The Labute approximate surface area is 131 Å². The molecule has 1 saturated heterocycles. The molecule has 1 heterocycles. The van der Waals surface area contributed by atoms with Crippen LogP contribution in [0.5, 0.6) is 5.75 Å². The molecule has 7 heteroatoms. The Balaban J connectivity index is 1.74. The fourth-order valence-corrected chi connectivity index (χ4v) is 3.60. The SMILES string of the molecule is COc1ccc(CCCN2CCC(NS(C)(=O)=O)C2)cc1F. The van der Waals surface area contributed by atoms with Gasteiger partial charge in [-0.15, -0.1) is 0 Å². The molecular weight excluding hydrogens is 307 g/mol. The van der Waals surface area contributed by atoms with E-state index in [1.165, 1.54) is 19.4 Å². The number of sulfonamides is 1. The van der Waals surface area contributed by atoms with Crippen LogP contribution >= 0.6 is 0 Å². The summed E-state index contributed by atoms with van der Waals surface area (Å²) in [5.74, 6) is -0.0726. The van der Waals surface area contributed by atoms with Crippen molar-refractivity contribution in [2.24, 2.45) is 0 Å². The number of aryl methyl sites for hydroxylation is 1. The van der Waals surface area contributed by atoms with Crippen molar-refractivity contribution < 1.29 is 17.5 Å². The van der Waals surface area contributed by atoms with E-state index in [9.17, 15) is 12.8 Å². The topological polar surface area (TPSA) is 58.6 Å². The molecule has 1 aliphatic heterocycles. The largest absolute Gasteiger partial charge is 0.494 e. The molecule has 0 aromatic heterocycles. The van der Waals surface area contributed by atoms with Gasteiger partial charge in [0, 0.05) is 12.6 Å². The Hall–Kier alpha value is -1.18. The quantitative estimate of drug-likeness (QED) is 0.821. The molecule has 0 amide bonds. The van der Waals surface area contributed by atoms with Crippen molar-refractivity contribution >= 4 is 10.0 Å². The lowest BCUT2D eigenvalue weighted by atomic mass is 10.1. The highest BCUT2D eigenvalue weighted by Gasteiger charge is 2.24. The predicted molar refractivity (Wildman–Crippen MR) is 84.1 cm³/mol. The molecule has 1 atom stereocenters. The van der Waals surface area contributed by atoms with Gasteiger partial charge in [-0.3, -0.25) is 0 Å². The maximum Gasteiger partial charge on any atom is 0.208 e. The number of methoxy groups -OCH3 is 1. The Kier molecular flexibility index (Phi) is 5.77. The van der Waals surface area contributed by atoms with Crippen molar-refractivity contribution in [2.75, 3.05) is 33.0 Å². The molecular formula is C15H23FN2O3S. The van der Waals surface area contributed by atoms with Crippen molar-refractivity contribution in [1.82, 2.24) is 9.62 Å². The lowest BCUT2D eigenvalue weighted by molar-refractivity contribution is 0.327. The molecule has 124 valence electrons. The van der Waals surface area contributed by atoms with Gasteiger partial charge in [0.15, 0.2) is 11.6 Å². The zero-order valence-electron chi connectivity index (χ0n) is 13.0. The van der Waals surface area contributed by atoms with E-state index < -0.39 is 10.0 Å². The number of rotatable bonds is 7. The lowest BCUT2D eigenvalue weighted by Crippen LogP contribution is -2.36. The summed E-state index contributed by atoms with van der Waals surface area (Å²) in [6, 6.07) is 5.04. The Morgan fingerprint density at radius 1 is 1.45 bits per heavy atom. The number of halogens is 1. The van der Waals surface area contributed by atoms with E-state index in [0.717, 1.165) is 44.5 Å². The fraction of sp³-hybridized carbons (Fsp3) is 0.600. The molecule has 0 spiro atoms. The third kappa shape index (κ3) is 5.23. The second-order valence-electron chi connectivity index (χ2n) is 5.75. The first kappa shape index (κ1) is 17.2. The van der Waals surface area contributed by atoms with Crippen LogP contribution in [0.3, 0.4) is 0 Å². The predicted octanol–water partition coefficient (Wildman–Crippen LogP) is 1.39. The minimum absolute atomic E-state index is 0.00781. The second kappa shape index (κ2) is 7.39. The minimum atomic E-state index is -3.14. The van der Waals surface area contributed by atoms with E-state index in [1.54, 1.807) is 6.07 Å². The van der Waals surface area contributed by atoms with Crippen LogP contribution in [0.25, 0.3) is 0 Å². The molecule has 1 unspecified atom stereocenters. The highest BCUT2D eigenvalue weighted by atomic mass is 32.2. The van der Waals surface area contributed by atoms with E-state index in [0.29, 0.717) is 0 Å². The summed E-state index contributed by atoms with van der Waals surface area (Å²) in [5.41, 5.74) is 0.948. The standard InChI is InChI=1S/C15H23FN2O3S/c1-21-15-6-5-12(10-14(15)16)4-3-8-18-9-7-13(11-18)17-22(2,19)20/h5-6,10,13,17H,3-4,7-9,11H2,1-2H3. The van der Waals surface area contributed by atoms with Crippen molar-refractivity contribution in [2.45, 2.75) is 25.3 Å². The third-order valence-electron chi connectivity index (χ3n) is 3.81. The normalized spacial score (nSPS) is 19.5. The number of likely N-dealkylation sites (tertiary alicyclic amines) is 1. The average Bonchev–Trinajstić information content (AvgIpc) is 2.84. The van der Waals surface area contributed by atoms with Gasteiger partial charge >= 0.3 is 0 Å². The minimum Gasteiger partial charge on any atom is -0.494 e. The van der Waals surface area contributed by atoms with Crippen molar-refractivity contribution in [3.63, 3.8) is 0 Å². The molecule has 5 nitrogen and oxygen atoms in total. The molecule has 1 aliphatic rings. The molecule has 1 N–H and O–H groups in total. The Morgan fingerprint density at radius 3 is 2.86 bits per heavy atom. The van der Waals surface area contributed by atoms with E-state index in [4.69, 9.17) is 4.74 Å². The van der Waals surface area contributed by atoms with Gasteiger partial charge in [0.25, 0.3) is 0 Å². The summed E-state index contributed by atoms with van der Waals surface area (Å²) in [6.45, 7) is 2.52. The van der Waals surface area contributed by atoms with Crippen LogP contribution in [-0.4, -0.2) is 52.4 Å². The van der Waals surface area contributed by atoms with Crippen molar-refractivity contribution in [3.05, 3.63) is 29.6 Å². The van der Waals surface area contributed by atoms with Crippen LogP contribution in [0.15, 0.2) is 18.2 Å². The number of benzene rings is 1. The summed E-state index contributed by atoms with van der Waals surface area (Å²) < 4.78 is 43.5. The van der Waals surface area contributed by atoms with Crippen LogP contribution in [-0.2, 0) is 16.4 Å². The molecule has 1 aromatic carbocycles. The molecule has 22 heavy (non-hydrogen) atoms. The second-order valence-corrected chi connectivity index (χ2v) is 7.53. The zero-order valence-corrected chi connectivity index (χ0v) is 13.8. The first-order valence-corrected chi connectivity index (χ1v) is 9.28. The lowest BCUT2D eigenvalue weighted by Gasteiger charge is -2.16. The van der Waals surface area contributed by atoms with E-state index in [1.807, 2.05) is 6.07 Å². The molecule has 0 aliphatic carbocycles. The smallest absolute Gasteiger partial charge is 0.208 e. The van der Waals surface area contributed by atoms with Crippen LogP contribution < -0.4 is 9.46 Å². The summed E-state index contributed by atoms with van der Waals surface area (Å²) in [5, 5.41) is 0. The molecule has 2 rings (SSSR count). The Bertz CT molecular complexity index is 607. The van der Waals surface area contributed by atoms with Gasteiger partial charge in [-0.25, -0.2) is 17.5 Å². The van der Waals surface area contributed by atoms with Crippen LogP contribution in [0.1, 0.15) is 18.4 Å². The van der Waals surface area contributed by atoms with Gasteiger partial charge in [-0.1, -0.05) is 6.07 Å². The first-order chi connectivity index (χ1) is 10.4. The van der Waals surface area contributed by atoms with Gasteiger partial charge in [0.05, 0.1) is 13.4 Å². The number of hydrogen-bond donors (Lipinski definition) is 1. The summed E-state index contributed by atoms with van der Waals surface area (Å²) in [6.07, 6.45) is 3.73. The first-order valence-electron chi connectivity index (χ1n) is 7.39. The van der Waals surface area contributed by atoms with Gasteiger partial charge in [-0.2, -0.15) is 0 Å². The van der Waals surface area contributed by atoms with Crippen molar-refractivity contribution in [1.29, 1.82) is 0 Å².